The summed E-state index contributed by atoms with van der Waals surface area (Å²) >= 11 is 3.39. The zero-order valence-corrected chi connectivity index (χ0v) is 10.8. The molecule has 0 aromatic heterocycles. The van der Waals surface area contributed by atoms with Crippen LogP contribution in [0.25, 0.3) is 6.08 Å². The van der Waals surface area contributed by atoms with Crippen molar-refractivity contribution in [2.75, 3.05) is 13.1 Å². The van der Waals surface area contributed by atoms with Gasteiger partial charge in [-0.15, -0.1) is 0 Å². The van der Waals surface area contributed by atoms with Crippen LogP contribution in [-0.2, 0) is 4.79 Å². The molecule has 0 atom stereocenters. The molecular weight excluding hydrogens is 268 g/mol. The van der Waals surface area contributed by atoms with Gasteiger partial charge in [0, 0.05) is 11.0 Å². The molecule has 3 N–H and O–H groups in total. The number of nitrogens with two attached hydrogens (primary N) is 1. The first-order valence-corrected chi connectivity index (χ1v) is 5.79. The van der Waals surface area contributed by atoms with Gasteiger partial charge in [0.2, 0.25) is 5.91 Å². The van der Waals surface area contributed by atoms with Crippen LogP contribution in [0.4, 0.5) is 0 Å². The smallest absolute Gasteiger partial charge is 0.231 e. The van der Waals surface area contributed by atoms with Crippen LogP contribution in [0.5, 0.6) is 0 Å². The molecule has 0 saturated carbocycles. The molecule has 0 bridgehead atoms. The number of rotatable bonds is 5. The standard InChI is InChI=1S/C12H15BrN2O/c1-9(7-15-8-12(14)16)6-10-2-4-11(13)5-3-10/h2-6,15H,7-8H2,1H3,(H2,14,16). The summed E-state index contributed by atoms with van der Waals surface area (Å²) in [5, 5.41) is 2.96. The zero-order chi connectivity index (χ0) is 12.0. The van der Waals surface area contributed by atoms with E-state index in [0.717, 1.165) is 15.6 Å². The minimum Gasteiger partial charge on any atom is -0.369 e. The van der Waals surface area contributed by atoms with Gasteiger partial charge in [-0.3, -0.25) is 4.79 Å². The maximum Gasteiger partial charge on any atom is 0.231 e. The fourth-order valence-corrected chi connectivity index (χ4v) is 1.54. The first-order valence-electron chi connectivity index (χ1n) is 4.99. The summed E-state index contributed by atoms with van der Waals surface area (Å²) in [6.45, 7) is 2.89. The Hall–Kier alpha value is -1.13. The fourth-order valence-electron chi connectivity index (χ4n) is 1.28. The van der Waals surface area contributed by atoms with Gasteiger partial charge in [-0.05, 0) is 24.6 Å². The number of carbonyl (C=O) groups is 1. The Kier molecular flexibility index (Phi) is 5.22. The van der Waals surface area contributed by atoms with Crippen LogP contribution in [0.3, 0.4) is 0 Å². The Labute approximate surface area is 104 Å². The van der Waals surface area contributed by atoms with Gasteiger partial charge in [0.05, 0.1) is 6.54 Å². The molecule has 16 heavy (non-hydrogen) atoms. The predicted molar refractivity (Wildman–Crippen MR) is 69.9 cm³/mol. The summed E-state index contributed by atoms with van der Waals surface area (Å²) in [6, 6.07) is 8.05. The Balaban J connectivity index is 2.49. The fraction of sp³-hybridized carbons (Fsp3) is 0.250. The summed E-state index contributed by atoms with van der Waals surface area (Å²) < 4.78 is 1.06. The molecule has 0 fully saturated rings. The quantitative estimate of drug-likeness (QED) is 0.867. The topological polar surface area (TPSA) is 55.1 Å². The van der Waals surface area contributed by atoms with Crippen molar-refractivity contribution in [2.24, 2.45) is 5.73 Å². The molecule has 0 saturated heterocycles. The lowest BCUT2D eigenvalue weighted by molar-refractivity contribution is -0.117. The van der Waals surface area contributed by atoms with E-state index in [1.807, 2.05) is 31.2 Å². The average molecular weight is 283 g/mol. The molecule has 86 valence electrons. The highest BCUT2D eigenvalue weighted by Crippen LogP contribution is 2.12. The number of amides is 1. The van der Waals surface area contributed by atoms with E-state index >= 15 is 0 Å². The van der Waals surface area contributed by atoms with Crippen LogP contribution >= 0.6 is 15.9 Å². The van der Waals surface area contributed by atoms with Crippen LogP contribution in [0.2, 0.25) is 0 Å². The number of benzene rings is 1. The molecule has 1 aromatic rings. The van der Waals surface area contributed by atoms with Gasteiger partial charge >= 0.3 is 0 Å². The summed E-state index contributed by atoms with van der Waals surface area (Å²) in [5.74, 6) is -0.337. The first kappa shape index (κ1) is 12.9. The van der Waals surface area contributed by atoms with Gasteiger partial charge in [0.25, 0.3) is 0 Å². The highest BCUT2D eigenvalue weighted by atomic mass is 79.9. The van der Waals surface area contributed by atoms with E-state index in [2.05, 4.69) is 27.3 Å². The van der Waals surface area contributed by atoms with E-state index in [1.54, 1.807) is 0 Å². The second-order valence-corrected chi connectivity index (χ2v) is 4.53. The van der Waals surface area contributed by atoms with E-state index in [9.17, 15) is 4.79 Å². The van der Waals surface area contributed by atoms with E-state index in [-0.39, 0.29) is 12.5 Å². The predicted octanol–water partition coefficient (Wildman–Crippen LogP) is 1.93. The third-order valence-electron chi connectivity index (χ3n) is 1.99. The number of carbonyl (C=O) groups excluding carboxylic acids is 1. The monoisotopic (exact) mass is 282 g/mol. The van der Waals surface area contributed by atoms with E-state index in [4.69, 9.17) is 5.73 Å². The average Bonchev–Trinajstić information content (AvgIpc) is 2.21. The molecule has 4 heteroatoms. The third kappa shape index (κ3) is 5.09. The number of nitrogens with one attached hydrogen (secondary N) is 1. The summed E-state index contributed by atoms with van der Waals surface area (Å²) in [4.78, 5) is 10.5. The second-order valence-electron chi connectivity index (χ2n) is 3.61. The van der Waals surface area contributed by atoms with Crippen LogP contribution < -0.4 is 11.1 Å². The largest absolute Gasteiger partial charge is 0.369 e. The Bertz CT molecular complexity index is 385. The lowest BCUT2D eigenvalue weighted by Crippen LogP contribution is -2.29. The van der Waals surface area contributed by atoms with Crippen molar-refractivity contribution in [1.29, 1.82) is 0 Å². The molecule has 0 aliphatic carbocycles. The number of primary amides is 1. The maximum atomic E-state index is 10.5. The number of hydrogen-bond acceptors (Lipinski definition) is 2. The molecule has 1 amide bonds. The Morgan fingerprint density at radius 1 is 1.38 bits per heavy atom. The van der Waals surface area contributed by atoms with Crippen molar-refractivity contribution >= 4 is 27.9 Å². The summed E-state index contributed by atoms with van der Waals surface area (Å²) in [7, 11) is 0. The molecule has 0 heterocycles. The van der Waals surface area contributed by atoms with Crippen LogP contribution in [0.15, 0.2) is 34.3 Å². The number of halogens is 1. The molecule has 0 spiro atoms. The molecule has 0 unspecified atom stereocenters. The molecule has 3 nitrogen and oxygen atoms in total. The molecule has 1 aromatic carbocycles. The lowest BCUT2D eigenvalue weighted by Gasteiger charge is -2.03. The molecule has 0 aliphatic heterocycles. The highest BCUT2D eigenvalue weighted by Gasteiger charge is 1.95. The van der Waals surface area contributed by atoms with Gasteiger partial charge in [-0.25, -0.2) is 0 Å². The summed E-state index contributed by atoms with van der Waals surface area (Å²) in [5.41, 5.74) is 7.32. The van der Waals surface area contributed by atoms with Crippen molar-refractivity contribution in [2.45, 2.75) is 6.92 Å². The van der Waals surface area contributed by atoms with Crippen LogP contribution in [0.1, 0.15) is 12.5 Å². The van der Waals surface area contributed by atoms with Gasteiger partial charge in [0.15, 0.2) is 0 Å². The zero-order valence-electron chi connectivity index (χ0n) is 9.16. The SMILES string of the molecule is CC(=Cc1ccc(Br)cc1)CNCC(N)=O. The highest BCUT2D eigenvalue weighted by molar-refractivity contribution is 9.10. The third-order valence-corrected chi connectivity index (χ3v) is 2.51. The maximum absolute atomic E-state index is 10.5. The van der Waals surface area contributed by atoms with E-state index in [0.29, 0.717) is 6.54 Å². The van der Waals surface area contributed by atoms with Gasteiger partial charge in [-0.1, -0.05) is 39.7 Å². The van der Waals surface area contributed by atoms with Gasteiger partial charge in [0.1, 0.15) is 0 Å². The normalized spacial score (nSPS) is 11.5. The Morgan fingerprint density at radius 2 is 2.00 bits per heavy atom. The second kappa shape index (κ2) is 6.45. The number of hydrogen-bond donors (Lipinski definition) is 2. The van der Waals surface area contributed by atoms with Crippen LogP contribution in [-0.4, -0.2) is 19.0 Å². The van der Waals surface area contributed by atoms with Crippen molar-refractivity contribution in [1.82, 2.24) is 5.32 Å². The molecule has 1 rings (SSSR count). The lowest BCUT2D eigenvalue weighted by atomic mass is 10.1. The van der Waals surface area contributed by atoms with Gasteiger partial charge < -0.3 is 11.1 Å². The molecular formula is C12H15BrN2O. The van der Waals surface area contributed by atoms with Crippen molar-refractivity contribution in [3.05, 3.63) is 39.9 Å². The minimum atomic E-state index is -0.337. The van der Waals surface area contributed by atoms with Crippen LogP contribution in [0, 0.1) is 0 Å². The minimum absolute atomic E-state index is 0.214. The van der Waals surface area contributed by atoms with Gasteiger partial charge in [-0.2, -0.15) is 0 Å². The molecule has 0 aliphatic rings. The van der Waals surface area contributed by atoms with E-state index < -0.39 is 0 Å². The molecule has 0 radical (unpaired) electrons. The van der Waals surface area contributed by atoms with Crippen molar-refractivity contribution in [3.8, 4) is 0 Å². The first-order chi connectivity index (χ1) is 7.58. The summed E-state index contributed by atoms with van der Waals surface area (Å²) in [6.07, 6.45) is 2.07. The Morgan fingerprint density at radius 3 is 2.56 bits per heavy atom. The van der Waals surface area contributed by atoms with E-state index in [1.165, 1.54) is 0 Å². The van der Waals surface area contributed by atoms with Crippen molar-refractivity contribution < 1.29 is 4.79 Å². The van der Waals surface area contributed by atoms with Crippen molar-refractivity contribution in [3.63, 3.8) is 0 Å².